The van der Waals surface area contributed by atoms with Gasteiger partial charge in [0.05, 0.1) is 5.69 Å². The number of nitrogens with zero attached hydrogens (tertiary/aromatic N) is 2. The van der Waals surface area contributed by atoms with Gasteiger partial charge in [-0.15, -0.1) is 0 Å². The van der Waals surface area contributed by atoms with E-state index in [4.69, 9.17) is 5.84 Å². The van der Waals surface area contributed by atoms with Crippen LogP contribution in [0.3, 0.4) is 0 Å². The maximum atomic E-state index is 5.74. The normalized spacial score (nSPS) is 12.6. The summed E-state index contributed by atoms with van der Waals surface area (Å²) in [6.45, 7) is 7.18. The number of aromatic nitrogens is 2. The summed E-state index contributed by atoms with van der Waals surface area (Å²) in [7, 11) is 0. The van der Waals surface area contributed by atoms with Crippen LogP contribution in [0.1, 0.15) is 29.4 Å². The largest absolute Gasteiger partial charge is 0.271 e. The van der Waals surface area contributed by atoms with E-state index in [9.17, 15) is 0 Å². The van der Waals surface area contributed by atoms with Crippen LogP contribution in [0.25, 0.3) is 0 Å². The predicted octanol–water partition coefficient (Wildman–Crippen LogP) is 2.14. The van der Waals surface area contributed by atoms with Gasteiger partial charge in [0.25, 0.3) is 0 Å². The molecule has 2 aromatic rings. The zero-order valence-electron chi connectivity index (χ0n) is 12.6. The summed E-state index contributed by atoms with van der Waals surface area (Å²) < 4.78 is 2.05. The molecule has 0 fully saturated rings. The standard InChI is InChI=1S/C16H24N4/c1-4-20-16(9-13(3)19-20)11-15(18-17)10-14-8-6-5-7-12(14)2/h5-9,15,18H,4,10-11,17H2,1-3H3. The summed E-state index contributed by atoms with van der Waals surface area (Å²) in [5.74, 6) is 5.74. The van der Waals surface area contributed by atoms with Crippen molar-refractivity contribution in [3.63, 3.8) is 0 Å². The lowest BCUT2D eigenvalue weighted by Gasteiger charge is -2.17. The first kappa shape index (κ1) is 14.8. The molecule has 0 aliphatic heterocycles. The molecule has 0 radical (unpaired) electrons. The molecule has 0 saturated heterocycles. The van der Waals surface area contributed by atoms with Gasteiger partial charge in [-0.1, -0.05) is 24.3 Å². The molecule has 0 aliphatic rings. The maximum absolute atomic E-state index is 5.74. The molecule has 1 heterocycles. The van der Waals surface area contributed by atoms with Crippen LogP contribution in [0.15, 0.2) is 30.3 Å². The minimum atomic E-state index is 0.220. The lowest BCUT2D eigenvalue weighted by atomic mass is 9.98. The predicted molar refractivity (Wildman–Crippen MR) is 82.3 cm³/mol. The number of nitrogens with two attached hydrogens (primary N) is 1. The second-order valence-corrected chi connectivity index (χ2v) is 5.29. The molecule has 0 amide bonds. The van der Waals surface area contributed by atoms with E-state index in [0.717, 1.165) is 25.1 Å². The molecule has 3 N–H and O–H groups in total. The van der Waals surface area contributed by atoms with E-state index >= 15 is 0 Å². The quantitative estimate of drug-likeness (QED) is 0.626. The Morgan fingerprint density at radius 3 is 2.65 bits per heavy atom. The first-order valence-corrected chi connectivity index (χ1v) is 7.18. The first-order chi connectivity index (χ1) is 9.63. The molecule has 0 bridgehead atoms. The number of benzene rings is 1. The van der Waals surface area contributed by atoms with Gasteiger partial charge in [0, 0.05) is 24.7 Å². The Labute approximate surface area is 121 Å². The van der Waals surface area contributed by atoms with Crippen LogP contribution in [0.4, 0.5) is 0 Å². The third-order valence-corrected chi connectivity index (χ3v) is 3.70. The van der Waals surface area contributed by atoms with E-state index < -0.39 is 0 Å². The first-order valence-electron chi connectivity index (χ1n) is 7.18. The summed E-state index contributed by atoms with van der Waals surface area (Å²) in [5.41, 5.74) is 7.90. The van der Waals surface area contributed by atoms with Gasteiger partial charge < -0.3 is 0 Å². The molecule has 1 unspecified atom stereocenters. The highest BCUT2D eigenvalue weighted by atomic mass is 15.3. The summed E-state index contributed by atoms with van der Waals surface area (Å²) in [5, 5.41) is 4.49. The van der Waals surface area contributed by atoms with Gasteiger partial charge in [0.2, 0.25) is 0 Å². The second kappa shape index (κ2) is 6.68. The van der Waals surface area contributed by atoms with Gasteiger partial charge in [-0.2, -0.15) is 5.10 Å². The van der Waals surface area contributed by atoms with Crippen molar-refractivity contribution in [3.8, 4) is 0 Å². The molecule has 108 valence electrons. The molecule has 0 aliphatic carbocycles. The molecule has 2 rings (SSSR count). The fraction of sp³-hybridized carbons (Fsp3) is 0.438. The van der Waals surface area contributed by atoms with Crippen LogP contribution in [-0.2, 0) is 19.4 Å². The Balaban J connectivity index is 2.11. The topological polar surface area (TPSA) is 55.9 Å². The second-order valence-electron chi connectivity index (χ2n) is 5.29. The average Bonchev–Trinajstić information content (AvgIpc) is 2.80. The average molecular weight is 272 g/mol. The molecule has 4 nitrogen and oxygen atoms in total. The minimum absolute atomic E-state index is 0.220. The highest BCUT2D eigenvalue weighted by molar-refractivity contribution is 5.26. The van der Waals surface area contributed by atoms with Gasteiger partial charge in [0.1, 0.15) is 0 Å². The Morgan fingerprint density at radius 1 is 1.25 bits per heavy atom. The lowest BCUT2D eigenvalue weighted by Crippen LogP contribution is -2.39. The van der Waals surface area contributed by atoms with E-state index in [1.54, 1.807) is 0 Å². The number of nitrogens with one attached hydrogen (secondary N) is 1. The zero-order chi connectivity index (χ0) is 14.5. The fourth-order valence-corrected chi connectivity index (χ4v) is 2.58. The smallest absolute Gasteiger partial charge is 0.0596 e. The van der Waals surface area contributed by atoms with Crippen molar-refractivity contribution in [2.75, 3.05) is 0 Å². The Kier molecular flexibility index (Phi) is 4.93. The molecule has 0 spiro atoms. The van der Waals surface area contributed by atoms with Crippen LogP contribution in [0, 0.1) is 13.8 Å². The third kappa shape index (κ3) is 3.46. The van der Waals surface area contributed by atoms with Crippen LogP contribution >= 0.6 is 0 Å². The van der Waals surface area contributed by atoms with Gasteiger partial charge in [-0.05, 0) is 44.4 Å². The SMILES string of the molecule is CCn1nc(C)cc1CC(Cc1ccccc1C)NN. The molecule has 4 heteroatoms. The number of hydrogen-bond acceptors (Lipinski definition) is 3. The van der Waals surface area contributed by atoms with Gasteiger partial charge in [-0.25, -0.2) is 0 Å². The van der Waals surface area contributed by atoms with Crippen molar-refractivity contribution >= 4 is 0 Å². The third-order valence-electron chi connectivity index (χ3n) is 3.70. The van der Waals surface area contributed by atoms with Crippen molar-refractivity contribution in [3.05, 3.63) is 52.8 Å². The number of hydrogen-bond donors (Lipinski definition) is 2. The van der Waals surface area contributed by atoms with Gasteiger partial charge in [-0.3, -0.25) is 16.0 Å². The van der Waals surface area contributed by atoms with E-state index in [1.165, 1.54) is 16.8 Å². The van der Waals surface area contributed by atoms with E-state index in [1.807, 2.05) is 6.92 Å². The molecular formula is C16H24N4. The highest BCUT2D eigenvalue weighted by Crippen LogP contribution is 2.13. The Morgan fingerprint density at radius 2 is 2.00 bits per heavy atom. The Hall–Kier alpha value is -1.65. The van der Waals surface area contributed by atoms with Crippen LogP contribution in [0.2, 0.25) is 0 Å². The zero-order valence-corrected chi connectivity index (χ0v) is 12.6. The number of rotatable bonds is 6. The molecule has 1 aromatic heterocycles. The van der Waals surface area contributed by atoms with Crippen molar-refractivity contribution < 1.29 is 0 Å². The number of aryl methyl sites for hydroxylation is 3. The molecule has 0 saturated carbocycles. The van der Waals surface area contributed by atoms with Crippen LogP contribution in [0.5, 0.6) is 0 Å². The fourth-order valence-electron chi connectivity index (χ4n) is 2.58. The maximum Gasteiger partial charge on any atom is 0.0596 e. The van der Waals surface area contributed by atoms with Crippen molar-refractivity contribution in [2.24, 2.45) is 5.84 Å². The molecule has 1 atom stereocenters. The Bertz CT molecular complexity index is 559. The van der Waals surface area contributed by atoms with Crippen molar-refractivity contribution in [1.29, 1.82) is 0 Å². The van der Waals surface area contributed by atoms with Crippen LogP contribution in [-0.4, -0.2) is 15.8 Å². The summed E-state index contributed by atoms with van der Waals surface area (Å²) >= 11 is 0. The van der Waals surface area contributed by atoms with Crippen molar-refractivity contribution in [1.82, 2.24) is 15.2 Å². The summed E-state index contributed by atoms with van der Waals surface area (Å²) in [4.78, 5) is 0. The van der Waals surface area contributed by atoms with Gasteiger partial charge >= 0.3 is 0 Å². The summed E-state index contributed by atoms with van der Waals surface area (Å²) in [6, 6.07) is 10.8. The molecule has 20 heavy (non-hydrogen) atoms. The molecule has 1 aromatic carbocycles. The van der Waals surface area contributed by atoms with Crippen molar-refractivity contribution in [2.45, 2.75) is 46.2 Å². The minimum Gasteiger partial charge on any atom is -0.271 e. The molecular weight excluding hydrogens is 248 g/mol. The highest BCUT2D eigenvalue weighted by Gasteiger charge is 2.13. The van der Waals surface area contributed by atoms with Gasteiger partial charge in [0.15, 0.2) is 0 Å². The summed E-state index contributed by atoms with van der Waals surface area (Å²) in [6.07, 6.45) is 1.82. The number of hydrazine groups is 1. The van der Waals surface area contributed by atoms with E-state index in [0.29, 0.717) is 0 Å². The van der Waals surface area contributed by atoms with Crippen LogP contribution < -0.4 is 11.3 Å². The monoisotopic (exact) mass is 272 g/mol. The lowest BCUT2D eigenvalue weighted by molar-refractivity contribution is 0.495. The van der Waals surface area contributed by atoms with E-state index in [-0.39, 0.29) is 6.04 Å². The van der Waals surface area contributed by atoms with E-state index in [2.05, 4.69) is 59.4 Å².